The molecule has 2 heterocycles. The summed E-state index contributed by atoms with van der Waals surface area (Å²) in [4.78, 5) is 21.8. The average molecular weight is 312 g/mol. The number of carbonyl (C=O) groups excluding carboxylic acids is 1. The number of pyridine rings is 1. The number of nitrogens with zero attached hydrogens (tertiary/aromatic N) is 2. The molecule has 4 heteroatoms. The number of hydrogen-bond donors (Lipinski definition) is 0. The third-order valence-electron chi connectivity index (χ3n) is 4.61. The number of thiophene rings is 1. The SMILES string of the molecule is Cc1ccc([C@H]2C[C@@H]2C(=O)N(Cc2ccncc2)C2CC2)s1. The summed E-state index contributed by atoms with van der Waals surface area (Å²) in [6, 6.07) is 8.84. The molecule has 2 aromatic heterocycles. The van der Waals surface area contributed by atoms with Crippen molar-refractivity contribution in [3.05, 3.63) is 52.0 Å². The van der Waals surface area contributed by atoms with Crippen LogP contribution in [0, 0.1) is 12.8 Å². The minimum absolute atomic E-state index is 0.209. The molecule has 1 amide bonds. The Hall–Kier alpha value is -1.68. The summed E-state index contributed by atoms with van der Waals surface area (Å²) in [7, 11) is 0. The quantitative estimate of drug-likeness (QED) is 0.842. The third-order valence-corrected chi connectivity index (χ3v) is 5.74. The van der Waals surface area contributed by atoms with Gasteiger partial charge in [0.1, 0.15) is 0 Å². The molecule has 0 spiro atoms. The summed E-state index contributed by atoms with van der Waals surface area (Å²) in [5, 5.41) is 0. The van der Waals surface area contributed by atoms with Crippen LogP contribution in [0.2, 0.25) is 0 Å². The molecule has 2 aliphatic rings. The Bertz CT molecular complexity index is 677. The lowest BCUT2D eigenvalue weighted by atomic mass is 10.2. The molecular formula is C18H20N2OS. The second-order valence-corrected chi connectivity index (χ2v) is 7.77. The molecule has 0 radical (unpaired) electrons. The average Bonchev–Trinajstić information content (AvgIpc) is 3.44. The van der Waals surface area contributed by atoms with E-state index in [9.17, 15) is 4.79 Å². The molecular weight excluding hydrogens is 292 g/mol. The highest BCUT2D eigenvalue weighted by molar-refractivity contribution is 7.12. The first-order valence-corrected chi connectivity index (χ1v) is 8.80. The van der Waals surface area contributed by atoms with Crippen molar-refractivity contribution in [3.8, 4) is 0 Å². The van der Waals surface area contributed by atoms with E-state index in [0.717, 1.165) is 25.8 Å². The Kier molecular flexibility index (Phi) is 3.49. The molecule has 3 nitrogen and oxygen atoms in total. The van der Waals surface area contributed by atoms with E-state index in [0.29, 0.717) is 17.9 Å². The van der Waals surface area contributed by atoms with Crippen LogP contribution in [-0.4, -0.2) is 21.8 Å². The maximum absolute atomic E-state index is 12.9. The molecule has 2 aliphatic carbocycles. The van der Waals surface area contributed by atoms with Crippen molar-refractivity contribution >= 4 is 17.2 Å². The fourth-order valence-electron chi connectivity index (χ4n) is 3.11. The minimum Gasteiger partial charge on any atom is -0.335 e. The van der Waals surface area contributed by atoms with Crippen molar-refractivity contribution in [1.82, 2.24) is 9.88 Å². The zero-order valence-electron chi connectivity index (χ0n) is 12.7. The van der Waals surface area contributed by atoms with E-state index in [1.807, 2.05) is 23.5 Å². The van der Waals surface area contributed by atoms with Gasteiger partial charge < -0.3 is 4.90 Å². The highest BCUT2D eigenvalue weighted by Gasteiger charge is 2.48. The van der Waals surface area contributed by atoms with Crippen molar-refractivity contribution in [2.45, 2.75) is 44.7 Å². The van der Waals surface area contributed by atoms with Crippen LogP contribution >= 0.6 is 11.3 Å². The molecule has 4 rings (SSSR count). The molecule has 0 aliphatic heterocycles. The molecule has 0 unspecified atom stereocenters. The van der Waals surface area contributed by atoms with Crippen molar-refractivity contribution in [2.75, 3.05) is 0 Å². The maximum atomic E-state index is 12.9. The number of aromatic nitrogens is 1. The molecule has 2 atom stereocenters. The standard InChI is InChI=1S/C18H20N2OS/c1-12-2-5-17(22-12)15-10-16(15)18(21)20(14-3-4-14)11-13-6-8-19-9-7-13/h2,5-9,14-16H,3-4,10-11H2,1H3/t15-,16-/m0/s1. The lowest BCUT2D eigenvalue weighted by Gasteiger charge is -2.22. The van der Waals surface area contributed by atoms with E-state index in [1.54, 1.807) is 12.4 Å². The van der Waals surface area contributed by atoms with E-state index in [4.69, 9.17) is 0 Å². The second-order valence-electron chi connectivity index (χ2n) is 6.45. The summed E-state index contributed by atoms with van der Waals surface area (Å²) in [6.45, 7) is 2.87. The minimum atomic E-state index is 0.209. The molecule has 0 N–H and O–H groups in total. The van der Waals surface area contributed by atoms with Crippen LogP contribution in [0.1, 0.15) is 40.5 Å². The van der Waals surface area contributed by atoms with Gasteiger partial charge in [0.05, 0.1) is 0 Å². The molecule has 114 valence electrons. The van der Waals surface area contributed by atoms with E-state index in [1.165, 1.54) is 15.3 Å². The molecule has 2 aromatic rings. The second kappa shape index (κ2) is 5.51. The van der Waals surface area contributed by atoms with Gasteiger partial charge in [0.25, 0.3) is 0 Å². The van der Waals surface area contributed by atoms with Crippen LogP contribution in [-0.2, 0) is 11.3 Å². The summed E-state index contributed by atoms with van der Waals surface area (Å²) >= 11 is 1.84. The van der Waals surface area contributed by atoms with Gasteiger partial charge in [0, 0.05) is 46.6 Å². The van der Waals surface area contributed by atoms with Gasteiger partial charge >= 0.3 is 0 Å². The van der Waals surface area contributed by atoms with Gasteiger partial charge in [-0.2, -0.15) is 0 Å². The number of amides is 1. The highest BCUT2D eigenvalue weighted by atomic mass is 32.1. The number of aryl methyl sites for hydroxylation is 1. The topological polar surface area (TPSA) is 33.2 Å². The summed E-state index contributed by atoms with van der Waals surface area (Å²) in [5.41, 5.74) is 1.18. The van der Waals surface area contributed by atoms with Crippen LogP contribution in [0.5, 0.6) is 0 Å². The number of hydrogen-bond acceptors (Lipinski definition) is 3. The fraction of sp³-hybridized carbons (Fsp3) is 0.444. The monoisotopic (exact) mass is 312 g/mol. The molecule has 22 heavy (non-hydrogen) atoms. The van der Waals surface area contributed by atoms with E-state index in [-0.39, 0.29) is 5.92 Å². The maximum Gasteiger partial charge on any atom is 0.226 e. The Morgan fingerprint density at radius 3 is 2.68 bits per heavy atom. The first-order valence-electron chi connectivity index (χ1n) is 7.98. The van der Waals surface area contributed by atoms with Gasteiger partial charge in [-0.05, 0) is 56.0 Å². The van der Waals surface area contributed by atoms with Gasteiger partial charge in [0.15, 0.2) is 0 Å². The molecule has 0 bridgehead atoms. The Balaban J connectivity index is 1.46. The Morgan fingerprint density at radius 1 is 1.27 bits per heavy atom. The van der Waals surface area contributed by atoms with Crippen LogP contribution in [0.25, 0.3) is 0 Å². The highest BCUT2D eigenvalue weighted by Crippen LogP contribution is 2.51. The van der Waals surface area contributed by atoms with E-state index < -0.39 is 0 Å². The van der Waals surface area contributed by atoms with E-state index in [2.05, 4.69) is 28.9 Å². The normalized spacial score (nSPS) is 23.3. The molecule has 2 fully saturated rings. The van der Waals surface area contributed by atoms with Crippen molar-refractivity contribution in [2.24, 2.45) is 5.92 Å². The largest absolute Gasteiger partial charge is 0.335 e. The zero-order valence-corrected chi connectivity index (χ0v) is 13.6. The molecule has 0 saturated heterocycles. The van der Waals surface area contributed by atoms with Crippen molar-refractivity contribution < 1.29 is 4.79 Å². The van der Waals surface area contributed by atoms with Crippen LogP contribution in [0.15, 0.2) is 36.7 Å². The Morgan fingerprint density at radius 2 is 2.05 bits per heavy atom. The number of carbonyl (C=O) groups is 1. The predicted molar refractivity (Wildman–Crippen MR) is 87.7 cm³/mol. The van der Waals surface area contributed by atoms with Gasteiger partial charge in [-0.3, -0.25) is 9.78 Å². The van der Waals surface area contributed by atoms with Crippen LogP contribution < -0.4 is 0 Å². The Labute approximate surface area is 135 Å². The lowest BCUT2D eigenvalue weighted by molar-refractivity contribution is -0.133. The third kappa shape index (κ3) is 2.80. The zero-order chi connectivity index (χ0) is 15.1. The summed E-state index contributed by atoms with van der Waals surface area (Å²) < 4.78 is 0. The fourth-order valence-corrected chi connectivity index (χ4v) is 4.16. The van der Waals surface area contributed by atoms with Crippen LogP contribution in [0.4, 0.5) is 0 Å². The smallest absolute Gasteiger partial charge is 0.226 e. The lowest BCUT2D eigenvalue weighted by Crippen LogP contribution is -2.34. The predicted octanol–water partition coefficient (Wildman–Crippen LogP) is 3.75. The first kappa shape index (κ1) is 13.9. The summed E-state index contributed by atoms with van der Waals surface area (Å²) in [6.07, 6.45) is 6.95. The first-order chi connectivity index (χ1) is 10.7. The summed E-state index contributed by atoms with van der Waals surface area (Å²) in [5.74, 6) is 1.03. The van der Waals surface area contributed by atoms with Crippen molar-refractivity contribution in [3.63, 3.8) is 0 Å². The van der Waals surface area contributed by atoms with E-state index >= 15 is 0 Å². The van der Waals surface area contributed by atoms with Gasteiger partial charge in [-0.15, -0.1) is 11.3 Å². The van der Waals surface area contributed by atoms with Gasteiger partial charge in [-0.25, -0.2) is 0 Å². The number of rotatable bonds is 5. The molecule has 0 aromatic carbocycles. The molecule has 2 saturated carbocycles. The van der Waals surface area contributed by atoms with Crippen LogP contribution in [0.3, 0.4) is 0 Å². The van der Waals surface area contributed by atoms with Crippen molar-refractivity contribution in [1.29, 1.82) is 0 Å². The van der Waals surface area contributed by atoms with Gasteiger partial charge in [0.2, 0.25) is 5.91 Å². The van der Waals surface area contributed by atoms with Gasteiger partial charge in [-0.1, -0.05) is 0 Å².